The van der Waals surface area contributed by atoms with E-state index in [2.05, 4.69) is 15.3 Å². The van der Waals surface area contributed by atoms with Crippen molar-refractivity contribution >= 4 is 29.0 Å². The summed E-state index contributed by atoms with van der Waals surface area (Å²) in [6.45, 7) is 2.73. The van der Waals surface area contributed by atoms with E-state index in [4.69, 9.17) is 4.74 Å². The fourth-order valence-corrected chi connectivity index (χ4v) is 3.50. The molecule has 0 fully saturated rings. The lowest BCUT2D eigenvalue weighted by molar-refractivity contribution is -0.117. The fraction of sp³-hybridized carbons (Fsp3) is 0.238. The van der Waals surface area contributed by atoms with Gasteiger partial charge in [0.1, 0.15) is 10.8 Å². The monoisotopic (exact) mass is 410 g/mol. The fourth-order valence-electron chi connectivity index (χ4n) is 2.68. The lowest BCUT2D eigenvalue weighted by atomic mass is 10.1. The van der Waals surface area contributed by atoms with Gasteiger partial charge >= 0.3 is 5.97 Å². The number of benzene rings is 1. The lowest BCUT2D eigenvalue weighted by Crippen LogP contribution is -2.30. The van der Waals surface area contributed by atoms with Gasteiger partial charge in [0.15, 0.2) is 0 Å². The van der Waals surface area contributed by atoms with Crippen LogP contribution < -0.4 is 5.32 Å². The number of hydrogen-bond donors (Lipinski definition) is 1. The molecule has 1 N–H and O–H groups in total. The van der Waals surface area contributed by atoms with Gasteiger partial charge in [-0.25, -0.2) is 14.8 Å². The molecule has 0 radical (unpaired) electrons. The summed E-state index contributed by atoms with van der Waals surface area (Å²) in [5.41, 5.74) is 3.35. The van der Waals surface area contributed by atoms with Crippen LogP contribution in [0.3, 0.4) is 0 Å². The summed E-state index contributed by atoms with van der Waals surface area (Å²) < 4.78 is 4.71. The number of methoxy groups -OCH3 is 1. The normalized spacial score (nSPS) is 10.8. The second-order valence-corrected chi connectivity index (χ2v) is 7.51. The number of aromatic nitrogens is 2. The number of aryl methyl sites for hydroxylation is 1. The molecule has 0 spiro atoms. The Balaban J connectivity index is 1.55. The van der Waals surface area contributed by atoms with Crippen LogP contribution in [0.25, 0.3) is 10.6 Å². The van der Waals surface area contributed by atoms with E-state index in [1.165, 1.54) is 18.4 Å². The summed E-state index contributed by atoms with van der Waals surface area (Å²) in [5.74, 6) is 0.0511. The number of thiazole rings is 1. The Morgan fingerprint density at radius 1 is 1.17 bits per heavy atom. The lowest BCUT2D eigenvalue weighted by Gasteiger charge is -2.14. The molecule has 3 rings (SSSR count). The average molecular weight is 410 g/mol. The topological polar surface area (TPSA) is 84.4 Å². The maximum Gasteiger partial charge on any atom is 0.337 e. The summed E-state index contributed by atoms with van der Waals surface area (Å²) in [4.78, 5) is 34.4. The van der Waals surface area contributed by atoms with Crippen LogP contribution >= 0.6 is 11.3 Å². The molecule has 8 heteroatoms. The molecule has 2 heterocycles. The number of esters is 1. The number of carbonyl (C=O) groups is 2. The van der Waals surface area contributed by atoms with Crippen LogP contribution in [0.2, 0.25) is 0 Å². The van der Waals surface area contributed by atoms with E-state index in [9.17, 15) is 9.59 Å². The molecule has 0 aliphatic carbocycles. The molecular formula is C21H22N4O3S. The summed E-state index contributed by atoms with van der Waals surface area (Å²) in [7, 11) is 3.23. The molecule has 0 atom stereocenters. The molecule has 0 aliphatic rings. The van der Waals surface area contributed by atoms with Gasteiger partial charge in [-0.05, 0) is 37.7 Å². The Labute approximate surface area is 173 Å². The third-order valence-electron chi connectivity index (χ3n) is 4.13. The number of likely N-dealkylation sites (N-methyl/N-ethyl adjacent to an activating group) is 1. The number of amides is 1. The van der Waals surface area contributed by atoms with Crippen molar-refractivity contribution in [3.63, 3.8) is 0 Å². The first kappa shape index (κ1) is 20.6. The molecule has 0 saturated heterocycles. The molecule has 150 valence electrons. The molecule has 0 unspecified atom stereocenters. The SMILES string of the molecule is COC(=O)c1ccc(-c2nc(CN(C)CC(=O)Nc3ccc(C)cn3)cs2)cc1. The first-order valence-electron chi connectivity index (χ1n) is 8.99. The van der Waals surface area contributed by atoms with Gasteiger partial charge in [-0.1, -0.05) is 18.2 Å². The Bertz CT molecular complexity index is 984. The van der Waals surface area contributed by atoms with Gasteiger partial charge in [-0.2, -0.15) is 0 Å². The van der Waals surface area contributed by atoms with Crippen molar-refractivity contribution in [1.82, 2.24) is 14.9 Å². The highest BCUT2D eigenvalue weighted by molar-refractivity contribution is 7.13. The van der Waals surface area contributed by atoms with Gasteiger partial charge in [-0.3, -0.25) is 9.69 Å². The maximum atomic E-state index is 12.2. The third-order valence-corrected chi connectivity index (χ3v) is 5.07. The number of rotatable bonds is 7. The Hall–Kier alpha value is -3.10. The van der Waals surface area contributed by atoms with Crippen LogP contribution in [0.15, 0.2) is 48.0 Å². The molecule has 29 heavy (non-hydrogen) atoms. The predicted octanol–water partition coefficient (Wildman–Crippen LogP) is 3.37. The van der Waals surface area contributed by atoms with Crippen LogP contribution in [-0.2, 0) is 16.1 Å². The molecule has 0 bridgehead atoms. The molecule has 0 aliphatic heterocycles. The minimum Gasteiger partial charge on any atom is -0.465 e. The summed E-state index contributed by atoms with van der Waals surface area (Å²) in [6, 6.07) is 10.8. The first-order chi connectivity index (χ1) is 13.9. The van der Waals surface area contributed by atoms with Crippen molar-refractivity contribution < 1.29 is 14.3 Å². The summed E-state index contributed by atoms with van der Waals surface area (Å²) in [5, 5.41) is 5.62. The maximum absolute atomic E-state index is 12.2. The van der Waals surface area contributed by atoms with Crippen LogP contribution in [0.1, 0.15) is 21.6 Å². The van der Waals surface area contributed by atoms with E-state index < -0.39 is 0 Å². The predicted molar refractivity (Wildman–Crippen MR) is 113 cm³/mol. The Kier molecular flexibility index (Phi) is 6.69. The highest BCUT2D eigenvalue weighted by Gasteiger charge is 2.12. The quantitative estimate of drug-likeness (QED) is 0.601. The van der Waals surface area contributed by atoms with Gasteiger partial charge < -0.3 is 10.1 Å². The zero-order chi connectivity index (χ0) is 20.8. The largest absolute Gasteiger partial charge is 0.465 e. The number of carbonyl (C=O) groups excluding carboxylic acids is 2. The van der Waals surface area contributed by atoms with Gasteiger partial charge in [0.2, 0.25) is 5.91 Å². The molecule has 7 nitrogen and oxygen atoms in total. The van der Waals surface area contributed by atoms with Crippen LogP contribution in [0, 0.1) is 6.92 Å². The molecule has 1 amide bonds. The molecule has 3 aromatic rings. The van der Waals surface area contributed by atoms with E-state index >= 15 is 0 Å². The van der Waals surface area contributed by atoms with Crippen molar-refractivity contribution in [3.05, 3.63) is 64.8 Å². The number of hydrogen-bond acceptors (Lipinski definition) is 7. The number of ether oxygens (including phenoxy) is 1. The minimum atomic E-state index is -0.364. The van der Waals surface area contributed by atoms with Crippen molar-refractivity contribution in [2.45, 2.75) is 13.5 Å². The van der Waals surface area contributed by atoms with Crippen LogP contribution in [0.5, 0.6) is 0 Å². The highest BCUT2D eigenvalue weighted by atomic mass is 32.1. The highest BCUT2D eigenvalue weighted by Crippen LogP contribution is 2.24. The van der Waals surface area contributed by atoms with Crippen molar-refractivity contribution in [1.29, 1.82) is 0 Å². The molecule has 1 aromatic carbocycles. The molecule has 2 aromatic heterocycles. The zero-order valence-electron chi connectivity index (χ0n) is 16.5. The van der Waals surface area contributed by atoms with E-state index in [0.29, 0.717) is 17.9 Å². The minimum absolute atomic E-state index is 0.127. The number of nitrogens with zero attached hydrogens (tertiary/aromatic N) is 3. The number of pyridine rings is 1. The van der Waals surface area contributed by atoms with Crippen LogP contribution in [-0.4, -0.2) is 47.4 Å². The molecule has 0 saturated carbocycles. The average Bonchev–Trinajstić information content (AvgIpc) is 3.17. The molecular weight excluding hydrogens is 388 g/mol. The number of nitrogens with one attached hydrogen (secondary N) is 1. The first-order valence-corrected chi connectivity index (χ1v) is 9.87. The van der Waals surface area contributed by atoms with Crippen molar-refractivity contribution in [3.8, 4) is 10.6 Å². The van der Waals surface area contributed by atoms with Crippen molar-refractivity contribution in [2.24, 2.45) is 0 Å². The van der Waals surface area contributed by atoms with Crippen LogP contribution in [0.4, 0.5) is 5.82 Å². The van der Waals surface area contributed by atoms with Gasteiger partial charge in [0, 0.05) is 23.7 Å². The van der Waals surface area contributed by atoms with Crippen molar-refractivity contribution in [2.75, 3.05) is 26.0 Å². The summed E-state index contributed by atoms with van der Waals surface area (Å²) >= 11 is 1.52. The second-order valence-electron chi connectivity index (χ2n) is 6.65. The zero-order valence-corrected chi connectivity index (χ0v) is 17.3. The van der Waals surface area contributed by atoms with Gasteiger partial charge in [0.25, 0.3) is 0 Å². The van der Waals surface area contributed by atoms with E-state index in [1.807, 2.05) is 42.5 Å². The Morgan fingerprint density at radius 2 is 1.93 bits per heavy atom. The second kappa shape index (κ2) is 9.40. The number of anilines is 1. The third kappa shape index (κ3) is 5.69. The van der Waals surface area contributed by atoms with Gasteiger partial charge in [0.05, 0.1) is 24.9 Å². The Morgan fingerprint density at radius 3 is 2.59 bits per heavy atom. The summed E-state index contributed by atoms with van der Waals surface area (Å²) in [6.07, 6.45) is 1.72. The van der Waals surface area contributed by atoms with E-state index in [1.54, 1.807) is 24.4 Å². The van der Waals surface area contributed by atoms with E-state index in [-0.39, 0.29) is 18.4 Å². The smallest absolute Gasteiger partial charge is 0.337 e. The van der Waals surface area contributed by atoms with Gasteiger partial charge in [-0.15, -0.1) is 11.3 Å². The standard InChI is InChI=1S/C21H22N4O3S/c1-14-4-9-18(22-10-14)24-19(26)12-25(2)11-17-13-29-20(23-17)15-5-7-16(8-6-15)21(27)28-3/h4-10,13H,11-12H2,1-3H3,(H,22,24,26). The van der Waals surface area contributed by atoms with E-state index in [0.717, 1.165) is 21.8 Å².